The van der Waals surface area contributed by atoms with E-state index in [0.29, 0.717) is 13.0 Å². The lowest BCUT2D eigenvalue weighted by molar-refractivity contribution is -0.120. The van der Waals surface area contributed by atoms with Gasteiger partial charge in [-0.15, -0.1) is 0 Å². The molecule has 4 heteroatoms. The molecular formula is C23H30N2OS. The molecule has 2 aromatic carbocycles. The predicted molar refractivity (Wildman–Crippen MR) is 115 cm³/mol. The molecule has 1 N–H and O–H groups in total. The summed E-state index contributed by atoms with van der Waals surface area (Å²) in [6, 6.07) is 18.9. The quantitative estimate of drug-likeness (QED) is 0.643. The molecule has 0 saturated carbocycles. The van der Waals surface area contributed by atoms with E-state index in [0.717, 1.165) is 18.1 Å². The first-order valence-corrected chi connectivity index (χ1v) is 11.1. The first-order chi connectivity index (χ1) is 13.3. The summed E-state index contributed by atoms with van der Waals surface area (Å²) in [7, 11) is 0. The van der Waals surface area contributed by atoms with Gasteiger partial charge in [-0.1, -0.05) is 61.0 Å². The predicted octanol–water partition coefficient (Wildman–Crippen LogP) is 4.61. The van der Waals surface area contributed by atoms with Gasteiger partial charge in [-0.2, -0.15) is 11.8 Å². The molecule has 1 aliphatic rings. The van der Waals surface area contributed by atoms with Crippen molar-refractivity contribution in [1.29, 1.82) is 0 Å². The Balaban J connectivity index is 1.39. The molecular weight excluding hydrogens is 352 g/mol. The van der Waals surface area contributed by atoms with E-state index in [-0.39, 0.29) is 5.91 Å². The summed E-state index contributed by atoms with van der Waals surface area (Å²) in [6.07, 6.45) is 4.54. The number of nitrogens with one attached hydrogen (secondary N) is 1. The van der Waals surface area contributed by atoms with Gasteiger partial charge in [0.15, 0.2) is 0 Å². The molecule has 0 unspecified atom stereocenters. The maximum absolute atomic E-state index is 12.2. The largest absolute Gasteiger partial charge is 0.352 e. The van der Waals surface area contributed by atoms with Crippen LogP contribution in [0, 0.1) is 0 Å². The van der Waals surface area contributed by atoms with Crippen molar-refractivity contribution in [2.75, 3.05) is 18.8 Å². The van der Waals surface area contributed by atoms with Crippen LogP contribution in [0.3, 0.4) is 0 Å². The lowest BCUT2D eigenvalue weighted by Gasteiger charge is -2.27. The fraction of sp³-hybridized carbons (Fsp3) is 0.435. The van der Waals surface area contributed by atoms with Gasteiger partial charge in [0, 0.05) is 31.0 Å². The Hall–Kier alpha value is -1.78. The Labute approximate surface area is 167 Å². The number of carbonyl (C=O) groups excluding carboxylic acids is 1. The summed E-state index contributed by atoms with van der Waals surface area (Å²) in [5.41, 5.74) is 3.90. The summed E-state index contributed by atoms with van der Waals surface area (Å²) < 4.78 is 0. The van der Waals surface area contributed by atoms with Gasteiger partial charge in [0.2, 0.25) is 5.91 Å². The van der Waals surface area contributed by atoms with Crippen LogP contribution in [0.5, 0.6) is 0 Å². The molecule has 1 heterocycles. The van der Waals surface area contributed by atoms with E-state index in [1.54, 1.807) is 0 Å². The zero-order valence-corrected chi connectivity index (χ0v) is 16.8. The minimum absolute atomic E-state index is 0.142. The minimum atomic E-state index is 0.142. The smallest absolute Gasteiger partial charge is 0.221 e. The number of nitrogens with zero attached hydrogens (tertiary/aromatic N) is 1. The van der Waals surface area contributed by atoms with Gasteiger partial charge >= 0.3 is 0 Å². The van der Waals surface area contributed by atoms with Crippen LogP contribution < -0.4 is 5.32 Å². The van der Waals surface area contributed by atoms with Crippen LogP contribution in [0.1, 0.15) is 42.4 Å². The number of benzene rings is 2. The molecule has 2 aromatic rings. The van der Waals surface area contributed by atoms with Crippen molar-refractivity contribution in [3.63, 3.8) is 0 Å². The van der Waals surface area contributed by atoms with Crippen LogP contribution in [0.25, 0.3) is 0 Å². The summed E-state index contributed by atoms with van der Waals surface area (Å²) in [5.74, 6) is 1.96. The van der Waals surface area contributed by atoms with E-state index >= 15 is 0 Å². The second kappa shape index (κ2) is 11.2. The molecule has 0 bridgehead atoms. The molecule has 0 aliphatic carbocycles. The standard InChI is InChI=1S/C23H30N2OS/c26-23(13-16-27-19-20-9-3-1-4-10-20)24-17-21-11-5-6-12-22(21)18-25-14-7-2-8-15-25/h1,3-6,9-12H,2,7-8,13-19H2,(H,24,26). The number of thioether (sulfide) groups is 1. The van der Waals surface area contributed by atoms with Crippen molar-refractivity contribution >= 4 is 17.7 Å². The average molecular weight is 383 g/mol. The van der Waals surface area contributed by atoms with Gasteiger partial charge in [0.1, 0.15) is 0 Å². The maximum Gasteiger partial charge on any atom is 0.221 e. The van der Waals surface area contributed by atoms with Crippen LogP contribution in [-0.2, 0) is 23.6 Å². The second-order valence-electron chi connectivity index (χ2n) is 7.17. The third-order valence-electron chi connectivity index (χ3n) is 5.02. The lowest BCUT2D eigenvalue weighted by Crippen LogP contribution is -2.30. The molecule has 1 fully saturated rings. The number of likely N-dealkylation sites (tertiary alicyclic amines) is 1. The average Bonchev–Trinajstić information content (AvgIpc) is 2.72. The van der Waals surface area contributed by atoms with Crippen LogP contribution in [-0.4, -0.2) is 29.6 Å². The van der Waals surface area contributed by atoms with Gasteiger partial charge in [-0.3, -0.25) is 9.69 Å². The highest BCUT2D eigenvalue weighted by atomic mass is 32.2. The molecule has 0 aromatic heterocycles. The summed E-state index contributed by atoms with van der Waals surface area (Å²) in [5, 5.41) is 3.10. The first kappa shape index (κ1) is 20.0. The molecule has 144 valence electrons. The third kappa shape index (κ3) is 7.04. The van der Waals surface area contributed by atoms with Crippen molar-refractivity contribution in [2.24, 2.45) is 0 Å². The molecule has 1 amide bonds. The molecule has 0 radical (unpaired) electrons. The molecule has 3 rings (SSSR count). The van der Waals surface area contributed by atoms with E-state index in [9.17, 15) is 4.79 Å². The zero-order valence-electron chi connectivity index (χ0n) is 16.0. The van der Waals surface area contributed by atoms with Crippen LogP contribution in [0.2, 0.25) is 0 Å². The maximum atomic E-state index is 12.2. The summed E-state index contributed by atoms with van der Waals surface area (Å²) in [4.78, 5) is 14.7. The third-order valence-corrected chi connectivity index (χ3v) is 6.05. The molecule has 1 saturated heterocycles. The fourth-order valence-corrected chi connectivity index (χ4v) is 4.36. The zero-order chi connectivity index (χ0) is 18.7. The number of piperidine rings is 1. The van der Waals surface area contributed by atoms with E-state index < -0.39 is 0 Å². The fourth-order valence-electron chi connectivity index (χ4n) is 3.45. The number of amides is 1. The van der Waals surface area contributed by atoms with Crippen LogP contribution in [0.4, 0.5) is 0 Å². The summed E-state index contributed by atoms with van der Waals surface area (Å²) >= 11 is 1.82. The lowest BCUT2D eigenvalue weighted by atomic mass is 10.0. The highest BCUT2D eigenvalue weighted by Crippen LogP contribution is 2.16. The minimum Gasteiger partial charge on any atom is -0.352 e. The second-order valence-corrected chi connectivity index (χ2v) is 8.28. The SMILES string of the molecule is O=C(CCSCc1ccccc1)NCc1ccccc1CN1CCCCC1. The number of rotatable bonds is 9. The van der Waals surface area contributed by atoms with Crippen molar-refractivity contribution in [3.8, 4) is 0 Å². The Bertz CT molecular complexity index is 699. The van der Waals surface area contributed by atoms with Crippen molar-refractivity contribution in [1.82, 2.24) is 10.2 Å². The van der Waals surface area contributed by atoms with Crippen molar-refractivity contribution in [2.45, 2.75) is 44.5 Å². The van der Waals surface area contributed by atoms with Crippen molar-refractivity contribution < 1.29 is 4.79 Å². The number of carbonyl (C=O) groups is 1. The van der Waals surface area contributed by atoms with Crippen LogP contribution >= 0.6 is 11.8 Å². The van der Waals surface area contributed by atoms with Crippen LogP contribution in [0.15, 0.2) is 54.6 Å². The van der Waals surface area contributed by atoms with E-state index in [2.05, 4.69) is 58.7 Å². The number of hydrogen-bond acceptors (Lipinski definition) is 3. The van der Waals surface area contributed by atoms with E-state index in [1.165, 1.54) is 49.0 Å². The molecule has 1 aliphatic heterocycles. The Morgan fingerprint density at radius 1 is 0.926 bits per heavy atom. The monoisotopic (exact) mass is 382 g/mol. The van der Waals surface area contributed by atoms with E-state index in [1.807, 2.05) is 17.8 Å². The van der Waals surface area contributed by atoms with Gasteiger partial charge in [0.05, 0.1) is 0 Å². The topological polar surface area (TPSA) is 32.3 Å². The first-order valence-electron chi connectivity index (χ1n) is 9.99. The highest BCUT2D eigenvalue weighted by molar-refractivity contribution is 7.98. The Kier molecular flexibility index (Phi) is 8.25. The Morgan fingerprint density at radius 2 is 1.63 bits per heavy atom. The molecule has 0 spiro atoms. The highest BCUT2D eigenvalue weighted by Gasteiger charge is 2.12. The number of hydrogen-bond donors (Lipinski definition) is 1. The van der Waals surface area contributed by atoms with Crippen molar-refractivity contribution in [3.05, 3.63) is 71.3 Å². The Morgan fingerprint density at radius 3 is 2.41 bits per heavy atom. The van der Waals surface area contributed by atoms with Gasteiger partial charge in [-0.25, -0.2) is 0 Å². The molecule has 27 heavy (non-hydrogen) atoms. The van der Waals surface area contributed by atoms with Gasteiger partial charge in [-0.05, 0) is 42.6 Å². The summed E-state index contributed by atoms with van der Waals surface area (Å²) in [6.45, 7) is 4.02. The van der Waals surface area contributed by atoms with Gasteiger partial charge < -0.3 is 5.32 Å². The molecule has 3 nitrogen and oxygen atoms in total. The normalized spacial score (nSPS) is 14.8. The van der Waals surface area contributed by atoms with E-state index in [4.69, 9.17) is 0 Å². The molecule has 0 atom stereocenters. The van der Waals surface area contributed by atoms with Gasteiger partial charge in [0.25, 0.3) is 0 Å².